The van der Waals surface area contributed by atoms with Crippen molar-refractivity contribution in [1.29, 1.82) is 0 Å². The van der Waals surface area contributed by atoms with E-state index >= 15 is 0 Å². The van der Waals surface area contributed by atoms with Gasteiger partial charge in [0.05, 0.1) is 0 Å². The minimum atomic E-state index is -1.17. The van der Waals surface area contributed by atoms with Crippen LogP contribution >= 0.6 is 0 Å². The number of hydrogen-bond donors (Lipinski definition) is 7. The van der Waals surface area contributed by atoms with Crippen molar-refractivity contribution in [2.45, 2.75) is 75.5 Å². The average Bonchev–Trinajstić information content (AvgIpc) is 3.30. The van der Waals surface area contributed by atoms with E-state index in [4.69, 9.17) is 11.5 Å². The number of nitrogens with one attached hydrogen (secondary N) is 5. The number of carbonyl (C=O) groups is 5. The largest absolute Gasteiger partial charge is 0.368 e. The zero-order valence-corrected chi connectivity index (χ0v) is 35.5. The second-order valence-electron chi connectivity index (χ2n) is 16.6. The molecule has 12 nitrogen and oxygen atoms in total. The van der Waals surface area contributed by atoms with Gasteiger partial charge in [-0.3, -0.25) is 24.0 Å². The van der Waals surface area contributed by atoms with E-state index in [9.17, 15) is 24.0 Å². The predicted molar refractivity (Wildman–Crippen MR) is 248 cm³/mol. The summed E-state index contributed by atoms with van der Waals surface area (Å²) in [6.07, 6.45) is 3.14. The SMILES string of the molecule is NCCCCC(NC(=O)[C@H](Cc1cccc2ccccc12)NC(=O)[C@@H](Cc1ccc2ccccc2c1)NC(=O)C(Cc1ccc2ccccc2c1)NC(=O)C1CCNCC1)C(N)=O. The van der Waals surface area contributed by atoms with Crippen LogP contribution < -0.4 is 38.1 Å². The van der Waals surface area contributed by atoms with Gasteiger partial charge in [0.2, 0.25) is 29.5 Å². The van der Waals surface area contributed by atoms with Gasteiger partial charge in [0, 0.05) is 25.2 Å². The van der Waals surface area contributed by atoms with Gasteiger partial charge in [-0.1, -0.05) is 127 Å². The predicted octanol–water partition coefficient (Wildman–Crippen LogP) is 4.73. The molecule has 1 aliphatic rings. The Morgan fingerprint density at radius 1 is 0.540 bits per heavy atom. The molecule has 0 spiro atoms. The molecule has 4 atom stereocenters. The summed E-state index contributed by atoms with van der Waals surface area (Å²) >= 11 is 0. The molecule has 1 fully saturated rings. The lowest BCUT2D eigenvalue weighted by Gasteiger charge is -2.28. The molecule has 2 unspecified atom stereocenters. The van der Waals surface area contributed by atoms with E-state index in [2.05, 4.69) is 26.6 Å². The molecule has 0 bridgehead atoms. The molecule has 0 aliphatic carbocycles. The van der Waals surface area contributed by atoms with Gasteiger partial charge in [0.25, 0.3) is 0 Å². The fourth-order valence-corrected chi connectivity index (χ4v) is 8.49. The van der Waals surface area contributed by atoms with Crippen molar-refractivity contribution in [3.63, 3.8) is 0 Å². The number of hydrogen-bond acceptors (Lipinski definition) is 7. The Morgan fingerprint density at radius 3 is 1.60 bits per heavy atom. The summed E-state index contributed by atoms with van der Waals surface area (Å²) in [4.78, 5) is 70.2. The minimum absolute atomic E-state index is 0.0823. The summed E-state index contributed by atoms with van der Waals surface area (Å²) in [5.74, 6) is -2.90. The normalized spacial score (nSPS) is 14.9. The molecule has 326 valence electrons. The van der Waals surface area contributed by atoms with Gasteiger partial charge in [0.15, 0.2) is 0 Å². The molecule has 6 aromatic rings. The van der Waals surface area contributed by atoms with Crippen molar-refractivity contribution < 1.29 is 24.0 Å². The van der Waals surface area contributed by atoms with Crippen LogP contribution in [0.5, 0.6) is 0 Å². The van der Waals surface area contributed by atoms with Crippen molar-refractivity contribution in [3.8, 4) is 0 Å². The third-order valence-corrected chi connectivity index (χ3v) is 12.0. The van der Waals surface area contributed by atoms with Crippen molar-refractivity contribution in [1.82, 2.24) is 26.6 Å². The molecule has 1 aliphatic heterocycles. The molecule has 9 N–H and O–H groups in total. The first kappa shape index (κ1) is 44.4. The van der Waals surface area contributed by atoms with Crippen LogP contribution in [-0.4, -0.2) is 73.3 Å². The number of piperidine rings is 1. The third-order valence-electron chi connectivity index (χ3n) is 12.0. The van der Waals surface area contributed by atoms with Gasteiger partial charge in [-0.25, -0.2) is 0 Å². The number of primary amides is 1. The summed E-state index contributed by atoms with van der Waals surface area (Å²) in [5, 5.41) is 21.0. The van der Waals surface area contributed by atoms with Crippen molar-refractivity contribution in [2.24, 2.45) is 17.4 Å². The Hall–Kier alpha value is -6.63. The molecule has 12 heteroatoms. The highest BCUT2D eigenvalue weighted by Crippen LogP contribution is 2.22. The van der Waals surface area contributed by atoms with E-state index in [-0.39, 0.29) is 37.5 Å². The molecule has 0 aromatic heterocycles. The summed E-state index contributed by atoms with van der Waals surface area (Å²) in [6, 6.07) is 36.8. The van der Waals surface area contributed by atoms with Gasteiger partial charge in [0.1, 0.15) is 24.2 Å². The van der Waals surface area contributed by atoms with E-state index in [1.54, 1.807) is 0 Å². The van der Waals surface area contributed by atoms with E-state index < -0.39 is 47.8 Å². The Morgan fingerprint density at radius 2 is 1.03 bits per heavy atom. The fraction of sp³-hybridized carbons (Fsp3) is 0.314. The van der Waals surface area contributed by atoms with Crippen LogP contribution in [0.15, 0.2) is 127 Å². The number of nitrogens with two attached hydrogens (primary N) is 2. The molecule has 0 radical (unpaired) electrons. The number of carbonyl (C=O) groups excluding carboxylic acids is 5. The standard InChI is InChI=1S/C51H57N7O5/c52-25-8-7-18-43(47(53)59)55-51(63)46(32-41-16-9-15-37-12-5-6-17-42(37)41)58-50(62)45(31-34-20-22-36-11-2-4-14-40(36)29-34)57-49(61)44(56-48(60)38-23-26-54-27-24-38)30-33-19-21-35-10-1-3-13-39(35)28-33/h1-6,9-17,19-22,28-29,38,43-46,54H,7-8,18,23-27,30-32,52H2,(H2,53,59)(H,55,63)(H,56,60)(H,57,61)(H,58,62)/t43?,44?,45-,46+/m1/s1. The van der Waals surface area contributed by atoms with E-state index in [1.165, 1.54) is 0 Å². The number of fused-ring (bicyclic) bond motifs is 3. The Kier molecular flexibility index (Phi) is 15.1. The highest BCUT2D eigenvalue weighted by molar-refractivity contribution is 5.97. The summed E-state index contributed by atoms with van der Waals surface area (Å²) < 4.78 is 0. The van der Waals surface area contributed by atoms with Crippen LogP contribution in [0.2, 0.25) is 0 Å². The molecule has 5 amide bonds. The molecule has 1 saturated heterocycles. The van der Waals surface area contributed by atoms with E-state index in [1.807, 2.05) is 127 Å². The van der Waals surface area contributed by atoms with Gasteiger partial charge in [-0.05, 0) is 101 Å². The lowest BCUT2D eigenvalue weighted by Crippen LogP contribution is -2.59. The maximum atomic E-state index is 14.8. The van der Waals surface area contributed by atoms with Crippen LogP contribution in [0, 0.1) is 5.92 Å². The summed E-state index contributed by atoms with van der Waals surface area (Å²) in [5.41, 5.74) is 13.9. The first-order valence-corrected chi connectivity index (χ1v) is 22.0. The van der Waals surface area contributed by atoms with E-state index in [0.29, 0.717) is 45.3 Å². The maximum Gasteiger partial charge on any atom is 0.243 e. The highest BCUT2D eigenvalue weighted by Gasteiger charge is 2.33. The zero-order chi connectivity index (χ0) is 44.1. The zero-order valence-electron chi connectivity index (χ0n) is 35.5. The first-order chi connectivity index (χ1) is 30.6. The first-order valence-electron chi connectivity index (χ1n) is 22.0. The topological polar surface area (TPSA) is 198 Å². The third kappa shape index (κ3) is 11.8. The monoisotopic (exact) mass is 847 g/mol. The maximum absolute atomic E-state index is 14.8. The molecule has 63 heavy (non-hydrogen) atoms. The average molecular weight is 848 g/mol. The summed E-state index contributed by atoms with van der Waals surface area (Å²) in [7, 11) is 0. The van der Waals surface area contributed by atoms with Crippen molar-refractivity contribution >= 4 is 61.9 Å². The number of benzene rings is 6. The van der Waals surface area contributed by atoms with Gasteiger partial charge >= 0.3 is 0 Å². The minimum Gasteiger partial charge on any atom is -0.368 e. The summed E-state index contributed by atoms with van der Waals surface area (Å²) in [6.45, 7) is 1.83. The molecule has 1 heterocycles. The second kappa shape index (κ2) is 21.4. The van der Waals surface area contributed by atoms with E-state index in [0.717, 1.165) is 49.0 Å². The lowest BCUT2D eigenvalue weighted by molar-refractivity contribution is -0.135. The molecule has 7 rings (SSSR count). The molecular formula is C51H57N7O5. The second-order valence-corrected chi connectivity index (χ2v) is 16.6. The molecular weight excluding hydrogens is 791 g/mol. The van der Waals surface area contributed by atoms with Crippen LogP contribution in [-0.2, 0) is 43.2 Å². The van der Waals surface area contributed by atoms with Crippen molar-refractivity contribution in [2.75, 3.05) is 19.6 Å². The molecule has 6 aromatic carbocycles. The van der Waals surface area contributed by atoms with Gasteiger partial charge < -0.3 is 38.1 Å². The number of rotatable bonds is 19. The quantitative estimate of drug-likeness (QED) is 0.0573. The smallest absolute Gasteiger partial charge is 0.243 e. The van der Waals surface area contributed by atoms with Gasteiger partial charge in [-0.15, -0.1) is 0 Å². The Balaban J connectivity index is 1.21. The number of amides is 5. The van der Waals surface area contributed by atoms with Gasteiger partial charge in [-0.2, -0.15) is 0 Å². The van der Waals surface area contributed by atoms with Crippen LogP contribution in [0.1, 0.15) is 48.8 Å². The number of unbranched alkanes of at least 4 members (excludes halogenated alkanes) is 1. The Labute approximate surface area is 367 Å². The molecule has 0 saturated carbocycles. The van der Waals surface area contributed by atoms with Crippen LogP contribution in [0.25, 0.3) is 32.3 Å². The van der Waals surface area contributed by atoms with Crippen molar-refractivity contribution in [3.05, 3.63) is 144 Å². The van der Waals surface area contributed by atoms with Crippen LogP contribution in [0.4, 0.5) is 0 Å². The Bertz CT molecular complexity index is 2570. The van der Waals surface area contributed by atoms with Crippen LogP contribution in [0.3, 0.4) is 0 Å². The highest BCUT2D eigenvalue weighted by atomic mass is 16.2. The lowest BCUT2D eigenvalue weighted by atomic mass is 9.95. The fourth-order valence-electron chi connectivity index (χ4n) is 8.49.